The molecule has 0 spiro atoms. The summed E-state index contributed by atoms with van der Waals surface area (Å²) < 4.78 is 6.45. The Hall–Kier alpha value is -3.15. The summed E-state index contributed by atoms with van der Waals surface area (Å²) in [5, 5.41) is 2.78. The summed E-state index contributed by atoms with van der Waals surface area (Å²) in [5.41, 5.74) is 1.81. The Bertz CT molecular complexity index is 882. The highest BCUT2D eigenvalue weighted by atomic mass is 16.3. The van der Waals surface area contributed by atoms with Crippen molar-refractivity contribution in [2.75, 3.05) is 5.32 Å². The number of benzene rings is 1. The van der Waals surface area contributed by atoms with Crippen molar-refractivity contribution in [3.8, 4) is 11.5 Å². The fourth-order valence-electron chi connectivity index (χ4n) is 2.16. The van der Waals surface area contributed by atoms with Gasteiger partial charge in [0.2, 0.25) is 5.91 Å². The number of aromatic nitrogens is 2. The third-order valence-electron chi connectivity index (χ3n) is 3.39. The largest absolute Gasteiger partial charge is 0.463 e. The van der Waals surface area contributed by atoms with Gasteiger partial charge in [0.05, 0.1) is 12.6 Å². The monoisotopic (exact) mass is 309 g/mol. The van der Waals surface area contributed by atoms with Gasteiger partial charge in [0, 0.05) is 11.8 Å². The van der Waals surface area contributed by atoms with Crippen LogP contribution in [0.5, 0.6) is 0 Å². The van der Waals surface area contributed by atoms with Crippen LogP contribution in [0.15, 0.2) is 64.3 Å². The van der Waals surface area contributed by atoms with Crippen LogP contribution in [0, 0.1) is 6.92 Å². The third kappa shape index (κ3) is 3.37. The number of rotatable bonds is 4. The molecule has 6 heteroatoms. The number of amides is 1. The number of hydrogen-bond donors (Lipinski definition) is 1. The van der Waals surface area contributed by atoms with Crippen molar-refractivity contribution in [2.45, 2.75) is 13.5 Å². The smallest absolute Gasteiger partial charge is 0.254 e. The van der Waals surface area contributed by atoms with Crippen LogP contribution in [-0.2, 0) is 11.3 Å². The zero-order valence-electron chi connectivity index (χ0n) is 12.5. The summed E-state index contributed by atoms with van der Waals surface area (Å²) in [4.78, 5) is 28.3. The number of nitrogens with one attached hydrogen (secondary N) is 1. The van der Waals surface area contributed by atoms with E-state index in [1.165, 1.54) is 23.2 Å². The van der Waals surface area contributed by atoms with Gasteiger partial charge in [-0.2, -0.15) is 0 Å². The van der Waals surface area contributed by atoms with Gasteiger partial charge in [0.25, 0.3) is 5.56 Å². The SMILES string of the molecule is Cc1ccccc1NC(=O)Cn1cnc(-c2ccco2)cc1=O. The molecule has 1 N–H and O–H groups in total. The van der Waals surface area contributed by atoms with E-state index in [0.717, 1.165) is 11.3 Å². The molecule has 3 aromatic rings. The topological polar surface area (TPSA) is 77.1 Å². The number of furan rings is 1. The standard InChI is InChI=1S/C17H15N3O3/c1-12-5-2-3-6-13(12)19-16(21)10-20-11-18-14(9-17(20)22)15-7-4-8-23-15/h2-9,11H,10H2,1H3,(H,19,21). The van der Waals surface area contributed by atoms with Crippen molar-refractivity contribution >= 4 is 11.6 Å². The number of hydrogen-bond acceptors (Lipinski definition) is 4. The van der Waals surface area contributed by atoms with E-state index in [1.807, 2.05) is 31.2 Å². The van der Waals surface area contributed by atoms with E-state index in [9.17, 15) is 9.59 Å². The Morgan fingerprint density at radius 1 is 1.26 bits per heavy atom. The molecule has 0 fully saturated rings. The predicted octanol–water partition coefficient (Wildman–Crippen LogP) is 2.45. The van der Waals surface area contributed by atoms with Crippen LogP contribution in [0.3, 0.4) is 0 Å². The lowest BCUT2D eigenvalue weighted by Crippen LogP contribution is -2.27. The number of nitrogens with zero attached hydrogens (tertiary/aromatic N) is 2. The van der Waals surface area contributed by atoms with Gasteiger partial charge >= 0.3 is 0 Å². The van der Waals surface area contributed by atoms with Gasteiger partial charge in [0.1, 0.15) is 12.2 Å². The van der Waals surface area contributed by atoms with Crippen molar-refractivity contribution in [1.82, 2.24) is 9.55 Å². The second kappa shape index (κ2) is 6.31. The Balaban J connectivity index is 1.74. The quantitative estimate of drug-likeness (QED) is 0.803. The highest BCUT2D eigenvalue weighted by Gasteiger charge is 2.09. The maximum atomic E-state index is 12.1. The van der Waals surface area contributed by atoms with E-state index in [4.69, 9.17) is 4.42 Å². The van der Waals surface area contributed by atoms with Crippen molar-refractivity contribution in [3.05, 3.63) is 71.0 Å². The average molecular weight is 309 g/mol. The molecule has 1 amide bonds. The summed E-state index contributed by atoms with van der Waals surface area (Å²) in [7, 11) is 0. The molecule has 0 radical (unpaired) electrons. The molecular weight excluding hydrogens is 294 g/mol. The average Bonchev–Trinajstić information content (AvgIpc) is 3.06. The van der Waals surface area contributed by atoms with Crippen molar-refractivity contribution < 1.29 is 9.21 Å². The van der Waals surface area contributed by atoms with Crippen LogP contribution < -0.4 is 10.9 Å². The summed E-state index contributed by atoms with van der Waals surface area (Å²) >= 11 is 0. The van der Waals surface area contributed by atoms with E-state index >= 15 is 0 Å². The van der Waals surface area contributed by atoms with Gasteiger partial charge in [-0.1, -0.05) is 18.2 Å². The molecule has 0 aliphatic carbocycles. The van der Waals surface area contributed by atoms with Crippen LogP contribution in [0.25, 0.3) is 11.5 Å². The molecule has 0 aliphatic heterocycles. The van der Waals surface area contributed by atoms with Gasteiger partial charge in [-0.25, -0.2) is 4.98 Å². The van der Waals surface area contributed by atoms with E-state index in [2.05, 4.69) is 10.3 Å². The molecule has 2 aromatic heterocycles. The fourth-order valence-corrected chi connectivity index (χ4v) is 2.16. The molecule has 0 saturated carbocycles. The molecule has 3 rings (SSSR count). The van der Waals surface area contributed by atoms with Gasteiger partial charge in [-0.15, -0.1) is 0 Å². The summed E-state index contributed by atoms with van der Waals surface area (Å²) in [6.45, 7) is 1.81. The fraction of sp³-hybridized carbons (Fsp3) is 0.118. The Morgan fingerprint density at radius 2 is 2.09 bits per heavy atom. The van der Waals surface area contributed by atoms with Crippen molar-refractivity contribution in [1.29, 1.82) is 0 Å². The van der Waals surface area contributed by atoms with Crippen molar-refractivity contribution in [3.63, 3.8) is 0 Å². The van der Waals surface area contributed by atoms with Crippen LogP contribution in [-0.4, -0.2) is 15.5 Å². The van der Waals surface area contributed by atoms with Crippen LogP contribution in [0.1, 0.15) is 5.56 Å². The molecule has 0 aliphatic rings. The van der Waals surface area contributed by atoms with Gasteiger partial charge < -0.3 is 9.73 Å². The first-order chi connectivity index (χ1) is 11.1. The molecule has 6 nitrogen and oxygen atoms in total. The van der Waals surface area contributed by atoms with Crippen LogP contribution in [0.4, 0.5) is 5.69 Å². The first-order valence-corrected chi connectivity index (χ1v) is 7.09. The van der Waals surface area contributed by atoms with Crippen LogP contribution >= 0.6 is 0 Å². The first kappa shape index (κ1) is 14.8. The predicted molar refractivity (Wildman–Crippen MR) is 86.0 cm³/mol. The molecule has 0 atom stereocenters. The van der Waals surface area contributed by atoms with Crippen molar-refractivity contribution in [2.24, 2.45) is 0 Å². The Morgan fingerprint density at radius 3 is 2.78 bits per heavy atom. The summed E-state index contributed by atoms with van der Waals surface area (Å²) in [6, 6.07) is 12.2. The molecule has 116 valence electrons. The summed E-state index contributed by atoms with van der Waals surface area (Å²) in [6.07, 6.45) is 2.86. The molecule has 2 heterocycles. The molecular formula is C17H15N3O3. The maximum absolute atomic E-state index is 12.1. The number of aryl methyl sites for hydroxylation is 1. The maximum Gasteiger partial charge on any atom is 0.254 e. The lowest BCUT2D eigenvalue weighted by Gasteiger charge is -2.09. The Labute approximate surface area is 132 Å². The zero-order chi connectivity index (χ0) is 16.2. The number of carbonyl (C=O) groups excluding carboxylic acids is 1. The molecule has 23 heavy (non-hydrogen) atoms. The molecule has 0 unspecified atom stereocenters. The second-order valence-corrected chi connectivity index (χ2v) is 5.08. The third-order valence-corrected chi connectivity index (χ3v) is 3.39. The highest BCUT2D eigenvalue weighted by Crippen LogP contribution is 2.15. The van der Waals surface area contributed by atoms with Gasteiger partial charge in [0.15, 0.2) is 5.76 Å². The first-order valence-electron chi connectivity index (χ1n) is 7.09. The Kier molecular flexibility index (Phi) is 4.05. The van der Waals surface area contributed by atoms with Crippen LogP contribution in [0.2, 0.25) is 0 Å². The lowest BCUT2D eigenvalue weighted by atomic mass is 10.2. The van der Waals surface area contributed by atoms with E-state index < -0.39 is 0 Å². The molecule has 1 aromatic carbocycles. The minimum atomic E-state index is -0.314. The second-order valence-electron chi connectivity index (χ2n) is 5.08. The normalized spacial score (nSPS) is 10.5. The molecule has 0 bridgehead atoms. The van der Waals surface area contributed by atoms with E-state index in [-0.39, 0.29) is 18.0 Å². The van der Waals surface area contributed by atoms with Gasteiger partial charge in [-0.3, -0.25) is 14.2 Å². The van der Waals surface area contributed by atoms with Gasteiger partial charge in [-0.05, 0) is 30.7 Å². The zero-order valence-corrected chi connectivity index (χ0v) is 12.5. The number of para-hydroxylation sites is 1. The number of anilines is 1. The number of carbonyl (C=O) groups is 1. The van der Waals surface area contributed by atoms with E-state index in [0.29, 0.717) is 11.5 Å². The highest BCUT2D eigenvalue weighted by molar-refractivity contribution is 5.91. The summed E-state index contributed by atoms with van der Waals surface area (Å²) in [5.74, 6) is 0.229. The minimum absolute atomic E-state index is 0.0986. The molecule has 0 saturated heterocycles. The van der Waals surface area contributed by atoms with E-state index in [1.54, 1.807) is 12.1 Å². The minimum Gasteiger partial charge on any atom is -0.463 e. The lowest BCUT2D eigenvalue weighted by molar-refractivity contribution is -0.116.